The van der Waals surface area contributed by atoms with Crippen molar-refractivity contribution >= 4 is 41.9 Å². The van der Waals surface area contributed by atoms with E-state index in [1.807, 2.05) is 6.92 Å². The van der Waals surface area contributed by atoms with E-state index in [-0.39, 0.29) is 36.4 Å². The average Bonchev–Trinajstić information content (AvgIpc) is 3.06. The van der Waals surface area contributed by atoms with E-state index in [0.29, 0.717) is 37.9 Å². The first-order chi connectivity index (χ1) is 12.3. The number of carbonyl (C=O) groups is 2. The Labute approximate surface area is 177 Å². The second kappa shape index (κ2) is 13.2. The molecule has 1 aromatic heterocycles. The molecular weight excluding hydrogens is 465 g/mol. The molecule has 9 nitrogen and oxygen atoms in total. The van der Waals surface area contributed by atoms with Gasteiger partial charge in [-0.2, -0.15) is 0 Å². The van der Waals surface area contributed by atoms with Crippen molar-refractivity contribution in [1.29, 1.82) is 0 Å². The number of furan rings is 1. The fraction of sp³-hybridized carbons (Fsp3) is 0.588. The van der Waals surface area contributed by atoms with Crippen LogP contribution in [0.2, 0.25) is 0 Å². The highest BCUT2D eigenvalue weighted by Gasteiger charge is 2.15. The summed E-state index contributed by atoms with van der Waals surface area (Å²) in [6.45, 7) is 9.10. The third kappa shape index (κ3) is 12.9. The Hall–Kier alpha value is -1.98. The molecule has 0 unspecified atom stereocenters. The molecule has 0 fully saturated rings. The molecule has 154 valence electrons. The molecule has 4 N–H and O–H groups in total. The topological polar surface area (TPSA) is 117 Å². The van der Waals surface area contributed by atoms with Gasteiger partial charge in [0.15, 0.2) is 5.96 Å². The lowest BCUT2D eigenvalue weighted by Gasteiger charge is -2.19. The van der Waals surface area contributed by atoms with Gasteiger partial charge in [-0.1, -0.05) is 0 Å². The molecule has 0 aromatic carbocycles. The van der Waals surface area contributed by atoms with E-state index in [1.165, 1.54) is 0 Å². The Bertz CT molecular complexity index is 585. The number of guanidine groups is 1. The van der Waals surface area contributed by atoms with Crippen LogP contribution < -0.4 is 21.3 Å². The molecule has 10 heteroatoms. The second-order valence-electron chi connectivity index (χ2n) is 6.41. The molecule has 0 aliphatic rings. The fourth-order valence-corrected chi connectivity index (χ4v) is 1.81. The number of alkyl carbamates (subject to hydrolysis) is 1. The van der Waals surface area contributed by atoms with Crippen LogP contribution in [0.15, 0.2) is 27.8 Å². The Morgan fingerprint density at radius 3 is 2.44 bits per heavy atom. The summed E-state index contributed by atoms with van der Waals surface area (Å²) in [7, 11) is 0. The Morgan fingerprint density at radius 2 is 1.85 bits per heavy atom. The molecule has 2 amide bonds. The number of halogens is 1. The van der Waals surface area contributed by atoms with Gasteiger partial charge in [0, 0.05) is 19.6 Å². The van der Waals surface area contributed by atoms with Gasteiger partial charge in [0.25, 0.3) is 0 Å². The standard InChI is InChI=1S/C17H29N5O4.HI/c1-5-18-15(19-8-9-20-16(24)26-17(2,3)4)22-12-14(23)21-11-13-7-6-10-25-13;/h6-7,10H,5,8-9,11-12H2,1-4H3,(H,20,24)(H,21,23)(H2,18,19,22);1H. The van der Waals surface area contributed by atoms with Crippen molar-refractivity contribution in [2.45, 2.75) is 39.8 Å². The maximum absolute atomic E-state index is 11.8. The molecule has 0 atom stereocenters. The van der Waals surface area contributed by atoms with Gasteiger partial charge >= 0.3 is 6.09 Å². The third-order valence-corrected chi connectivity index (χ3v) is 2.85. The van der Waals surface area contributed by atoms with Gasteiger partial charge in [-0.3, -0.25) is 4.79 Å². The zero-order valence-corrected chi connectivity index (χ0v) is 18.6. The van der Waals surface area contributed by atoms with Crippen LogP contribution in [0, 0.1) is 0 Å². The van der Waals surface area contributed by atoms with Crippen molar-refractivity contribution in [3.63, 3.8) is 0 Å². The summed E-state index contributed by atoms with van der Waals surface area (Å²) >= 11 is 0. The molecule has 1 heterocycles. The van der Waals surface area contributed by atoms with Crippen LogP contribution in [0.1, 0.15) is 33.5 Å². The average molecular weight is 495 g/mol. The van der Waals surface area contributed by atoms with E-state index in [9.17, 15) is 9.59 Å². The molecule has 0 spiro atoms. The molecule has 0 aliphatic heterocycles. The molecule has 1 rings (SSSR count). The van der Waals surface area contributed by atoms with Crippen LogP contribution in [0.4, 0.5) is 4.79 Å². The molecule has 0 radical (unpaired) electrons. The summed E-state index contributed by atoms with van der Waals surface area (Å²) in [6, 6.07) is 3.55. The van der Waals surface area contributed by atoms with E-state index in [0.717, 1.165) is 0 Å². The monoisotopic (exact) mass is 495 g/mol. The van der Waals surface area contributed by atoms with Gasteiger partial charge < -0.3 is 30.4 Å². The molecule has 0 bridgehead atoms. The highest BCUT2D eigenvalue weighted by atomic mass is 127. The van der Waals surface area contributed by atoms with Gasteiger partial charge in [0.05, 0.1) is 12.8 Å². The predicted octanol–water partition coefficient (Wildman–Crippen LogP) is 1.59. The number of nitrogens with one attached hydrogen (secondary N) is 4. The van der Waals surface area contributed by atoms with E-state index in [1.54, 1.807) is 39.2 Å². The van der Waals surface area contributed by atoms with Gasteiger partial charge in [0.1, 0.15) is 17.9 Å². The highest BCUT2D eigenvalue weighted by Crippen LogP contribution is 2.05. The van der Waals surface area contributed by atoms with Crippen LogP contribution in [0.25, 0.3) is 0 Å². The van der Waals surface area contributed by atoms with E-state index in [2.05, 4.69) is 26.3 Å². The van der Waals surface area contributed by atoms with E-state index < -0.39 is 11.7 Å². The third-order valence-electron chi connectivity index (χ3n) is 2.85. The minimum atomic E-state index is -0.531. The van der Waals surface area contributed by atoms with E-state index in [4.69, 9.17) is 9.15 Å². The number of amides is 2. The first-order valence-corrected chi connectivity index (χ1v) is 8.58. The van der Waals surface area contributed by atoms with Gasteiger partial charge in [-0.15, -0.1) is 24.0 Å². The Kier molecular flexibility index (Phi) is 12.3. The van der Waals surface area contributed by atoms with E-state index >= 15 is 0 Å². The largest absolute Gasteiger partial charge is 0.467 e. The van der Waals surface area contributed by atoms with Crippen molar-refractivity contribution in [1.82, 2.24) is 21.3 Å². The lowest BCUT2D eigenvalue weighted by atomic mass is 10.2. The molecule has 1 aromatic rings. The van der Waals surface area contributed by atoms with Gasteiger partial charge in [-0.25, -0.2) is 9.79 Å². The summed E-state index contributed by atoms with van der Waals surface area (Å²) in [6.07, 6.45) is 1.08. The van der Waals surface area contributed by atoms with Crippen LogP contribution in [-0.2, 0) is 16.1 Å². The molecule has 0 aliphatic carbocycles. The molecular formula is C17H30IN5O4. The lowest BCUT2D eigenvalue weighted by molar-refractivity contribution is -0.119. The van der Waals surface area contributed by atoms with Crippen LogP contribution >= 0.6 is 24.0 Å². The summed E-state index contributed by atoms with van der Waals surface area (Å²) in [4.78, 5) is 27.6. The first-order valence-electron chi connectivity index (χ1n) is 8.58. The number of carbonyl (C=O) groups excluding carboxylic acids is 2. The summed E-state index contributed by atoms with van der Waals surface area (Å²) in [5.74, 6) is 0.956. The van der Waals surface area contributed by atoms with Crippen molar-refractivity contribution in [2.75, 3.05) is 26.2 Å². The van der Waals surface area contributed by atoms with Gasteiger partial charge in [-0.05, 0) is 39.8 Å². The number of nitrogens with zero attached hydrogens (tertiary/aromatic N) is 1. The number of aliphatic imine (C=N–C) groups is 1. The lowest BCUT2D eigenvalue weighted by Crippen LogP contribution is -2.43. The van der Waals surface area contributed by atoms with Gasteiger partial charge in [0.2, 0.25) is 5.91 Å². The first kappa shape index (κ1) is 25.0. The highest BCUT2D eigenvalue weighted by molar-refractivity contribution is 14.0. The summed E-state index contributed by atoms with van der Waals surface area (Å²) in [5, 5.41) is 11.4. The van der Waals surface area contributed by atoms with Crippen LogP contribution in [0.3, 0.4) is 0 Å². The van der Waals surface area contributed by atoms with Crippen LogP contribution in [0.5, 0.6) is 0 Å². The molecule has 0 saturated carbocycles. The zero-order chi connectivity index (χ0) is 19.4. The molecule has 27 heavy (non-hydrogen) atoms. The predicted molar refractivity (Wildman–Crippen MR) is 114 cm³/mol. The number of ether oxygens (including phenoxy) is 1. The quantitative estimate of drug-likeness (QED) is 0.189. The minimum absolute atomic E-state index is 0. The number of hydrogen-bond donors (Lipinski definition) is 4. The fourth-order valence-electron chi connectivity index (χ4n) is 1.81. The second-order valence-corrected chi connectivity index (χ2v) is 6.41. The maximum atomic E-state index is 11.8. The normalized spacial score (nSPS) is 11.2. The van der Waals surface area contributed by atoms with Crippen LogP contribution in [-0.4, -0.2) is 49.7 Å². The smallest absolute Gasteiger partial charge is 0.407 e. The SMILES string of the molecule is CCNC(=NCC(=O)NCc1ccco1)NCCNC(=O)OC(C)(C)C.I. The Morgan fingerprint density at radius 1 is 1.15 bits per heavy atom. The summed E-state index contributed by atoms with van der Waals surface area (Å²) < 4.78 is 10.3. The number of rotatable bonds is 8. The molecule has 0 saturated heterocycles. The van der Waals surface area contributed by atoms with Crippen molar-refractivity contribution in [3.8, 4) is 0 Å². The maximum Gasteiger partial charge on any atom is 0.407 e. The number of hydrogen-bond acceptors (Lipinski definition) is 5. The van der Waals surface area contributed by atoms with Crippen molar-refractivity contribution < 1.29 is 18.7 Å². The van der Waals surface area contributed by atoms with Crippen molar-refractivity contribution in [2.24, 2.45) is 4.99 Å². The Balaban J connectivity index is 0.00000676. The summed E-state index contributed by atoms with van der Waals surface area (Å²) in [5.41, 5.74) is -0.531. The van der Waals surface area contributed by atoms with Crippen molar-refractivity contribution in [3.05, 3.63) is 24.2 Å². The minimum Gasteiger partial charge on any atom is -0.467 e. The zero-order valence-electron chi connectivity index (χ0n) is 16.3.